The second-order valence-corrected chi connectivity index (χ2v) is 22.1. The van der Waals surface area contributed by atoms with Crippen LogP contribution in [0.3, 0.4) is 0 Å². The SMILES string of the molecule is CC(C)c1c(-c2ccccc2)ccc2c1oc1c[c-]c(-c3cc(CC(C)(C)C)ccn3)cc12.[2H]C([2H])(c1ccccc1)c1cc(-c2[c-]cccc2)ncc1[Si](C)(C)C.[Ir]. The molecule has 5 aromatic carbocycles. The van der Waals surface area contributed by atoms with E-state index in [1.54, 1.807) is 0 Å². The van der Waals surface area contributed by atoms with Gasteiger partial charge in [0, 0.05) is 46.2 Å². The third kappa shape index (κ3) is 9.97. The van der Waals surface area contributed by atoms with Crippen molar-refractivity contribution in [1.29, 1.82) is 0 Å². The van der Waals surface area contributed by atoms with E-state index in [-0.39, 0.29) is 25.5 Å². The zero-order chi connectivity index (χ0) is 41.2. The van der Waals surface area contributed by atoms with Crippen LogP contribution in [0.5, 0.6) is 0 Å². The molecule has 8 aromatic rings. The molecule has 0 atom stereocenters. The van der Waals surface area contributed by atoms with Gasteiger partial charge < -0.3 is 14.4 Å². The monoisotopic (exact) mass is 943 g/mol. The van der Waals surface area contributed by atoms with Gasteiger partial charge in [-0.05, 0) is 63.5 Å². The molecule has 0 aliphatic carbocycles. The number of furan rings is 1. The van der Waals surface area contributed by atoms with Gasteiger partial charge in [0.1, 0.15) is 5.58 Å². The zero-order valence-corrected chi connectivity index (χ0v) is 37.6. The maximum atomic E-state index is 8.84. The number of hydrogen-bond donors (Lipinski definition) is 0. The molecule has 57 heavy (non-hydrogen) atoms. The molecule has 3 nitrogen and oxygen atoms in total. The molecule has 8 rings (SSSR count). The van der Waals surface area contributed by atoms with Crippen LogP contribution in [0.1, 0.15) is 65.5 Å². The first-order chi connectivity index (χ1) is 27.6. The molecule has 0 aliphatic heterocycles. The fourth-order valence-corrected chi connectivity index (χ4v) is 8.67. The average Bonchev–Trinajstić information content (AvgIpc) is 3.58. The predicted molar refractivity (Wildman–Crippen MR) is 239 cm³/mol. The molecule has 291 valence electrons. The topological polar surface area (TPSA) is 38.9 Å². The van der Waals surface area contributed by atoms with Crippen LogP contribution in [-0.4, -0.2) is 18.0 Å². The number of fused-ring (bicyclic) bond motifs is 3. The molecule has 3 aromatic heterocycles. The quantitative estimate of drug-likeness (QED) is 0.113. The molecule has 0 unspecified atom stereocenters. The fourth-order valence-electron chi connectivity index (χ4n) is 7.27. The molecule has 5 heteroatoms. The molecule has 0 amide bonds. The van der Waals surface area contributed by atoms with E-state index in [0.717, 1.165) is 61.6 Å². The second kappa shape index (κ2) is 17.7. The number of nitrogens with zero attached hydrogens (tertiary/aromatic N) is 2. The summed E-state index contributed by atoms with van der Waals surface area (Å²) in [6.45, 7) is 17.9. The maximum Gasteiger partial charge on any atom is 0.125 e. The van der Waals surface area contributed by atoms with Gasteiger partial charge in [-0.1, -0.05) is 156 Å². The molecular formula is C52H52IrN2OSi-2. The minimum atomic E-state index is -1.76. The van der Waals surface area contributed by atoms with Gasteiger partial charge in [-0.25, -0.2) is 0 Å². The number of hydrogen-bond acceptors (Lipinski definition) is 3. The Morgan fingerprint density at radius 3 is 2.11 bits per heavy atom. The van der Waals surface area contributed by atoms with Crippen molar-refractivity contribution in [1.82, 2.24) is 9.97 Å². The van der Waals surface area contributed by atoms with Crippen LogP contribution in [0.2, 0.25) is 19.6 Å². The van der Waals surface area contributed by atoms with Crippen LogP contribution < -0.4 is 5.19 Å². The molecule has 0 bridgehead atoms. The van der Waals surface area contributed by atoms with E-state index in [1.165, 1.54) is 22.3 Å². The van der Waals surface area contributed by atoms with Crippen molar-refractivity contribution in [2.75, 3.05) is 0 Å². The molecule has 0 fully saturated rings. The predicted octanol–water partition coefficient (Wildman–Crippen LogP) is 13.5. The maximum absolute atomic E-state index is 8.84. The first-order valence-corrected chi connectivity index (χ1v) is 23.1. The summed E-state index contributed by atoms with van der Waals surface area (Å²) in [6.07, 6.45) is 3.23. The Labute approximate surface area is 356 Å². The molecule has 0 saturated heterocycles. The third-order valence-corrected chi connectivity index (χ3v) is 11.9. The summed E-state index contributed by atoms with van der Waals surface area (Å²) in [6, 6.07) is 49.0. The van der Waals surface area contributed by atoms with E-state index >= 15 is 0 Å². The molecule has 0 N–H and O–H groups in total. The Kier molecular flexibility index (Phi) is 12.1. The van der Waals surface area contributed by atoms with Crippen molar-refractivity contribution in [3.8, 4) is 33.6 Å². The van der Waals surface area contributed by atoms with E-state index in [1.807, 2.05) is 79.1 Å². The summed E-state index contributed by atoms with van der Waals surface area (Å²) in [7, 11) is -1.76. The molecule has 3 heterocycles. The van der Waals surface area contributed by atoms with Gasteiger partial charge in [-0.2, -0.15) is 0 Å². The molecule has 0 saturated carbocycles. The smallest absolute Gasteiger partial charge is 0.125 e. The minimum absolute atomic E-state index is 0. The molecule has 0 aliphatic rings. The van der Waals surface area contributed by atoms with Crippen molar-refractivity contribution in [3.63, 3.8) is 0 Å². The molecule has 1 radical (unpaired) electrons. The normalized spacial score (nSPS) is 12.4. The number of rotatable bonds is 8. The third-order valence-electron chi connectivity index (χ3n) is 9.86. The van der Waals surface area contributed by atoms with Gasteiger partial charge >= 0.3 is 0 Å². The Bertz CT molecular complexity index is 2670. The molecule has 0 spiro atoms. The molecular weight excluding hydrogens is 889 g/mol. The summed E-state index contributed by atoms with van der Waals surface area (Å²) < 4.78 is 24.1. The first-order valence-electron chi connectivity index (χ1n) is 20.6. The summed E-state index contributed by atoms with van der Waals surface area (Å²) in [5.74, 6) is 0.337. The van der Waals surface area contributed by atoms with E-state index in [9.17, 15) is 0 Å². The van der Waals surface area contributed by atoms with Gasteiger partial charge in [0.05, 0.1) is 13.7 Å². The van der Waals surface area contributed by atoms with E-state index in [4.69, 9.17) is 7.16 Å². The summed E-state index contributed by atoms with van der Waals surface area (Å²) in [5.41, 5.74) is 12.1. The second-order valence-electron chi connectivity index (χ2n) is 17.1. The van der Waals surface area contributed by atoms with Crippen LogP contribution in [0.25, 0.3) is 55.6 Å². The van der Waals surface area contributed by atoms with Gasteiger partial charge in [0.2, 0.25) is 0 Å². The van der Waals surface area contributed by atoms with Crippen LogP contribution >= 0.6 is 0 Å². The first kappa shape index (κ1) is 38.9. The van der Waals surface area contributed by atoms with Crippen molar-refractivity contribution in [3.05, 3.63) is 174 Å². The number of aromatic nitrogens is 2. The Hall–Kier alpha value is -4.93. The Morgan fingerprint density at radius 1 is 0.737 bits per heavy atom. The van der Waals surface area contributed by atoms with Crippen molar-refractivity contribution < 1.29 is 27.3 Å². The van der Waals surface area contributed by atoms with E-state index < -0.39 is 14.4 Å². The van der Waals surface area contributed by atoms with Crippen LogP contribution in [0, 0.1) is 17.5 Å². The van der Waals surface area contributed by atoms with E-state index in [2.05, 4.69) is 137 Å². The summed E-state index contributed by atoms with van der Waals surface area (Å²) >= 11 is 0. The van der Waals surface area contributed by atoms with Crippen LogP contribution in [0.4, 0.5) is 0 Å². The number of benzene rings is 5. The standard InChI is InChI=1S/C31H30NO.C21H22NSi.Ir/c1-20(2)29-24(22-9-7-6-8-10-22)12-13-25-26-18-23(11-14-28(26)33-30(25)29)27-17-21(15-16-32-27)19-31(3,4)5;1-23(2,3)21-16-22-20(18-12-8-5-9-13-18)15-19(21)14-17-10-6-4-7-11-17;/h6-10,12-18,20H,19H2,1-5H3;4-12,15-16H,14H2,1-3H3;/q2*-1;/i;14D2;. The van der Waals surface area contributed by atoms with Crippen molar-refractivity contribution in [2.24, 2.45) is 5.41 Å². The van der Waals surface area contributed by atoms with Gasteiger partial charge in [-0.3, -0.25) is 0 Å². The fraction of sp³-hybridized carbons (Fsp3) is 0.231. The summed E-state index contributed by atoms with van der Waals surface area (Å²) in [5, 5.41) is 3.32. The van der Waals surface area contributed by atoms with Gasteiger partial charge in [-0.15, -0.1) is 59.7 Å². The summed E-state index contributed by atoms with van der Waals surface area (Å²) in [4.78, 5) is 9.27. The largest absolute Gasteiger partial charge is 0.500 e. The Balaban J connectivity index is 0.000000203. The zero-order valence-electron chi connectivity index (χ0n) is 36.2. The van der Waals surface area contributed by atoms with E-state index in [0.29, 0.717) is 11.5 Å². The van der Waals surface area contributed by atoms with Crippen molar-refractivity contribution in [2.45, 2.75) is 73.0 Å². The van der Waals surface area contributed by atoms with Gasteiger partial charge in [0.15, 0.2) is 0 Å². The van der Waals surface area contributed by atoms with Crippen molar-refractivity contribution >= 4 is 35.2 Å². The minimum Gasteiger partial charge on any atom is -0.500 e. The Morgan fingerprint density at radius 2 is 1.44 bits per heavy atom. The van der Waals surface area contributed by atoms with Gasteiger partial charge in [0.25, 0.3) is 0 Å². The van der Waals surface area contributed by atoms with Crippen LogP contribution in [-0.2, 0) is 32.9 Å². The number of pyridine rings is 2. The average molecular weight is 943 g/mol. The van der Waals surface area contributed by atoms with Crippen LogP contribution in [0.15, 0.2) is 144 Å².